The summed E-state index contributed by atoms with van der Waals surface area (Å²) in [6.45, 7) is 1.89. The maximum Gasteiger partial charge on any atom is 0.262 e. The molecule has 3 aromatic carbocycles. The molecule has 3 aromatic rings. The third-order valence-electron chi connectivity index (χ3n) is 4.33. The Bertz CT molecular complexity index is 984. The topological polar surface area (TPSA) is 58.6 Å². The molecule has 0 radical (unpaired) electrons. The van der Waals surface area contributed by atoms with Crippen LogP contribution in [0.25, 0.3) is 0 Å². The number of anilines is 2. The van der Waals surface area contributed by atoms with Gasteiger partial charge in [0.1, 0.15) is 5.75 Å². The van der Waals surface area contributed by atoms with E-state index < -0.39 is 0 Å². The number of nitrogens with one attached hydrogen (secondary N) is 1. The van der Waals surface area contributed by atoms with Gasteiger partial charge in [-0.2, -0.15) is 0 Å². The fourth-order valence-corrected chi connectivity index (χ4v) is 3.01. The van der Waals surface area contributed by atoms with E-state index in [1.807, 2.05) is 55.5 Å². The number of benzene rings is 3. The number of ether oxygens (including phenoxy) is 1. The normalized spacial score (nSPS) is 10.3. The monoisotopic (exact) mass is 500 g/mol. The van der Waals surface area contributed by atoms with Gasteiger partial charge in [-0.3, -0.25) is 9.59 Å². The minimum Gasteiger partial charge on any atom is -0.484 e. The first-order chi connectivity index (χ1) is 13.9. The highest BCUT2D eigenvalue weighted by molar-refractivity contribution is 14.1. The Kier molecular flexibility index (Phi) is 6.87. The van der Waals surface area contributed by atoms with E-state index in [1.165, 1.54) is 0 Å². The van der Waals surface area contributed by atoms with Gasteiger partial charge < -0.3 is 15.0 Å². The maximum absolute atomic E-state index is 12.6. The summed E-state index contributed by atoms with van der Waals surface area (Å²) < 4.78 is 6.64. The van der Waals surface area contributed by atoms with Crippen molar-refractivity contribution in [3.8, 4) is 5.75 Å². The third-order valence-corrected chi connectivity index (χ3v) is 5.04. The first kappa shape index (κ1) is 20.9. The van der Waals surface area contributed by atoms with E-state index in [0.717, 1.165) is 20.5 Å². The van der Waals surface area contributed by atoms with Gasteiger partial charge in [-0.05, 0) is 90.2 Å². The minimum absolute atomic E-state index is 0.0874. The Hall–Kier alpha value is -2.87. The molecule has 0 saturated carbocycles. The number of nitrogens with zero attached hydrogens (tertiary/aromatic N) is 1. The summed E-state index contributed by atoms with van der Waals surface area (Å²) in [6, 6.07) is 22.1. The summed E-state index contributed by atoms with van der Waals surface area (Å²) in [7, 11) is 1.73. The van der Waals surface area contributed by atoms with E-state index in [4.69, 9.17) is 4.74 Å². The molecule has 0 atom stereocenters. The second-order valence-electron chi connectivity index (χ2n) is 6.57. The lowest BCUT2D eigenvalue weighted by Crippen LogP contribution is -2.26. The fraction of sp³-hybridized carbons (Fsp3) is 0.130. The second kappa shape index (κ2) is 9.56. The van der Waals surface area contributed by atoms with Crippen LogP contribution in [0.5, 0.6) is 5.75 Å². The number of hydrogen-bond acceptors (Lipinski definition) is 3. The van der Waals surface area contributed by atoms with Crippen molar-refractivity contribution in [2.75, 3.05) is 23.9 Å². The predicted molar refractivity (Wildman–Crippen MR) is 124 cm³/mol. The number of hydrogen-bond donors (Lipinski definition) is 1. The predicted octanol–water partition coefficient (Wildman–Crippen LogP) is 4.89. The molecule has 148 valence electrons. The van der Waals surface area contributed by atoms with E-state index >= 15 is 0 Å². The molecule has 0 aliphatic carbocycles. The molecular weight excluding hydrogens is 479 g/mol. The molecule has 1 N–H and O–H groups in total. The van der Waals surface area contributed by atoms with Crippen LogP contribution in [0.3, 0.4) is 0 Å². The number of aryl methyl sites for hydroxylation is 1. The van der Waals surface area contributed by atoms with E-state index in [-0.39, 0.29) is 18.4 Å². The first-order valence-electron chi connectivity index (χ1n) is 9.05. The number of rotatable bonds is 6. The molecule has 0 aliphatic heterocycles. The van der Waals surface area contributed by atoms with Crippen LogP contribution in [-0.4, -0.2) is 25.5 Å². The average molecular weight is 500 g/mol. The molecule has 29 heavy (non-hydrogen) atoms. The summed E-state index contributed by atoms with van der Waals surface area (Å²) in [5, 5.41) is 2.79. The van der Waals surface area contributed by atoms with Gasteiger partial charge in [0, 0.05) is 27.6 Å². The molecule has 0 spiro atoms. The van der Waals surface area contributed by atoms with Gasteiger partial charge in [0.05, 0.1) is 0 Å². The molecular formula is C23H21IN2O3. The second-order valence-corrected chi connectivity index (χ2v) is 7.81. The maximum atomic E-state index is 12.6. The average Bonchev–Trinajstić information content (AvgIpc) is 2.74. The van der Waals surface area contributed by atoms with Gasteiger partial charge in [-0.25, -0.2) is 0 Å². The zero-order valence-corrected chi connectivity index (χ0v) is 18.3. The molecule has 0 fully saturated rings. The van der Waals surface area contributed by atoms with Crippen molar-refractivity contribution >= 4 is 45.8 Å². The SMILES string of the molecule is Cc1ccc(C(=O)N(C)c2ccc(OCC(=O)Nc3ccc(I)cc3)cc2)cc1. The van der Waals surface area contributed by atoms with Gasteiger partial charge in [0.15, 0.2) is 6.61 Å². The number of carbonyl (C=O) groups is 2. The highest BCUT2D eigenvalue weighted by Crippen LogP contribution is 2.20. The molecule has 0 unspecified atom stereocenters. The van der Waals surface area contributed by atoms with Crippen molar-refractivity contribution in [3.05, 3.63) is 87.5 Å². The van der Waals surface area contributed by atoms with Crippen molar-refractivity contribution in [3.63, 3.8) is 0 Å². The van der Waals surface area contributed by atoms with Crippen LogP contribution in [0, 0.1) is 10.5 Å². The number of amides is 2. The first-order valence-corrected chi connectivity index (χ1v) is 10.1. The summed E-state index contributed by atoms with van der Waals surface area (Å²) in [5.74, 6) is 0.236. The van der Waals surface area contributed by atoms with Crippen molar-refractivity contribution in [1.82, 2.24) is 0 Å². The Balaban J connectivity index is 1.55. The van der Waals surface area contributed by atoms with E-state index in [0.29, 0.717) is 11.3 Å². The molecule has 0 heterocycles. The molecule has 5 nitrogen and oxygen atoms in total. The standard InChI is InChI=1S/C23H21IN2O3/c1-16-3-5-17(6-4-16)23(28)26(2)20-11-13-21(14-12-20)29-15-22(27)25-19-9-7-18(24)8-10-19/h3-14H,15H2,1-2H3,(H,25,27). The van der Waals surface area contributed by atoms with E-state index in [2.05, 4.69) is 27.9 Å². The number of carbonyl (C=O) groups excluding carboxylic acids is 2. The van der Waals surface area contributed by atoms with E-state index in [1.54, 1.807) is 36.2 Å². The summed E-state index contributed by atoms with van der Waals surface area (Å²) in [4.78, 5) is 26.2. The van der Waals surface area contributed by atoms with Crippen molar-refractivity contribution in [2.45, 2.75) is 6.92 Å². The van der Waals surface area contributed by atoms with Gasteiger partial charge in [-0.15, -0.1) is 0 Å². The van der Waals surface area contributed by atoms with Crippen molar-refractivity contribution < 1.29 is 14.3 Å². The fourth-order valence-electron chi connectivity index (χ4n) is 2.65. The lowest BCUT2D eigenvalue weighted by molar-refractivity contribution is -0.118. The molecule has 0 aliphatic rings. The van der Waals surface area contributed by atoms with Crippen LogP contribution in [-0.2, 0) is 4.79 Å². The summed E-state index contributed by atoms with van der Waals surface area (Å²) in [5.41, 5.74) is 3.21. The van der Waals surface area contributed by atoms with Crippen molar-refractivity contribution in [2.24, 2.45) is 0 Å². The van der Waals surface area contributed by atoms with Crippen LogP contribution in [0.1, 0.15) is 15.9 Å². The molecule has 3 rings (SSSR count). The molecule has 0 bridgehead atoms. The Labute approximate surface area is 183 Å². The van der Waals surface area contributed by atoms with Crippen molar-refractivity contribution in [1.29, 1.82) is 0 Å². The lowest BCUT2D eigenvalue weighted by atomic mass is 10.1. The lowest BCUT2D eigenvalue weighted by Gasteiger charge is -2.18. The van der Waals surface area contributed by atoms with Crippen LogP contribution in [0.2, 0.25) is 0 Å². The number of halogens is 1. The quantitative estimate of drug-likeness (QED) is 0.491. The largest absolute Gasteiger partial charge is 0.484 e. The van der Waals surface area contributed by atoms with Gasteiger partial charge in [0.25, 0.3) is 11.8 Å². The Morgan fingerprint density at radius 1 is 0.931 bits per heavy atom. The van der Waals surface area contributed by atoms with E-state index in [9.17, 15) is 9.59 Å². The molecule has 0 aromatic heterocycles. The van der Waals surface area contributed by atoms with Gasteiger partial charge in [0.2, 0.25) is 0 Å². The van der Waals surface area contributed by atoms with Gasteiger partial charge in [-0.1, -0.05) is 17.7 Å². The zero-order chi connectivity index (χ0) is 20.8. The van der Waals surface area contributed by atoms with Gasteiger partial charge >= 0.3 is 0 Å². The molecule has 0 saturated heterocycles. The summed E-state index contributed by atoms with van der Waals surface area (Å²) in [6.07, 6.45) is 0. The molecule has 6 heteroatoms. The minimum atomic E-state index is -0.234. The highest BCUT2D eigenvalue weighted by Gasteiger charge is 2.13. The summed E-state index contributed by atoms with van der Waals surface area (Å²) >= 11 is 2.21. The highest BCUT2D eigenvalue weighted by atomic mass is 127. The van der Waals surface area contributed by atoms with Crippen LogP contribution >= 0.6 is 22.6 Å². The zero-order valence-electron chi connectivity index (χ0n) is 16.2. The Morgan fingerprint density at radius 3 is 2.17 bits per heavy atom. The van der Waals surface area contributed by atoms with Crippen LogP contribution in [0.4, 0.5) is 11.4 Å². The Morgan fingerprint density at radius 2 is 1.55 bits per heavy atom. The molecule has 2 amide bonds. The van der Waals surface area contributed by atoms with Crippen LogP contribution in [0.15, 0.2) is 72.8 Å². The van der Waals surface area contributed by atoms with Crippen LogP contribution < -0.4 is 15.0 Å². The smallest absolute Gasteiger partial charge is 0.262 e. The third kappa shape index (κ3) is 5.80.